The Hall–Kier alpha value is -3.56. The fourth-order valence-corrected chi connectivity index (χ4v) is 1.73. The number of rotatable bonds is 4. The van der Waals surface area contributed by atoms with E-state index in [-0.39, 0.29) is 11.4 Å². The van der Waals surface area contributed by atoms with Crippen molar-refractivity contribution in [1.82, 2.24) is 0 Å². The van der Waals surface area contributed by atoms with Crippen LogP contribution in [0.15, 0.2) is 40.6 Å². The van der Waals surface area contributed by atoms with Crippen LogP contribution in [0, 0.1) is 27.2 Å². The maximum Gasteiger partial charge on any atom is 0.319 e. The topological polar surface area (TPSA) is 151 Å². The van der Waals surface area contributed by atoms with Crippen LogP contribution in [0.4, 0.5) is 22.7 Å². The molecule has 2 rings (SSSR count). The van der Waals surface area contributed by atoms with E-state index in [2.05, 4.69) is 10.2 Å². The van der Waals surface area contributed by atoms with E-state index in [0.717, 1.165) is 11.6 Å². The molecule has 0 saturated heterocycles. The van der Waals surface area contributed by atoms with Crippen LogP contribution in [-0.2, 0) is 0 Å². The molecule has 0 radical (unpaired) electrons. The number of azo groups is 1. The Labute approximate surface area is 128 Å². The van der Waals surface area contributed by atoms with Gasteiger partial charge in [0.1, 0.15) is 17.1 Å². The Bertz CT molecular complexity index is 833. The van der Waals surface area contributed by atoms with E-state index >= 15 is 0 Å². The van der Waals surface area contributed by atoms with E-state index in [1.54, 1.807) is 13.0 Å². The zero-order valence-corrected chi connectivity index (χ0v) is 11.7. The summed E-state index contributed by atoms with van der Waals surface area (Å²) in [5, 5.41) is 48.3. The number of aromatic hydroxyl groups is 2. The van der Waals surface area contributed by atoms with E-state index in [1.165, 1.54) is 12.1 Å². The summed E-state index contributed by atoms with van der Waals surface area (Å²) in [5.74, 6) is -1.05. The van der Waals surface area contributed by atoms with Crippen LogP contribution >= 0.6 is 0 Å². The number of nitrogens with zero attached hydrogens (tertiary/aromatic N) is 4. The second-order valence-corrected chi connectivity index (χ2v) is 4.54. The smallest absolute Gasteiger partial charge is 0.319 e. The van der Waals surface area contributed by atoms with Crippen molar-refractivity contribution in [2.24, 2.45) is 10.2 Å². The first-order valence-corrected chi connectivity index (χ1v) is 6.16. The molecule has 0 aliphatic rings. The van der Waals surface area contributed by atoms with Gasteiger partial charge in [-0.25, -0.2) is 0 Å². The minimum atomic E-state index is -0.967. The quantitative estimate of drug-likeness (QED) is 0.498. The number of aryl methyl sites for hydroxylation is 1. The summed E-state index contributed by atoms with van der Waals surface area (Å²) in [4.78, 5) is 19.8. The highest BCUT2D eigenvalue weighted by Gasteiger charge is 2.24. The largest absolute Gasteiger partial charge is 0.506 e. The Morgan fingerprint density at radius 3 is 2.22 bits per heavy atom. The van der Waals surface area contributed by atoms with Gasteiger partial charge in [0.2, 0.25) is 5.75 Å². The van der Waals surface area contributed by atoms with Gasteiger partial charge >= 0.3 is 5.69 Å². The molecule has 0 aliphatic heterocycles. The van der Waals surface area contributed by atoms with Gasteiger partial charge in [-0.05, 0) is 24.6 Å². The normalized spacial score (nSPS) is 10.8. The lowest BCUT2D eigenvalue weighted by molar-refractivity contribution is -0.394. The van der Waals surface area contributed by atoms with Crippen LogP contribution in [0.5, 0.6) is 11.5 Å². The molecule has 2 N–H and O–H groups in total. The first-order chi connectivity index (χ1) is 10.8. The third kappa shape index (κ3) is 3.37. The summed E-state index contributed by atoms with van der Waals surface area (Å²) in [6, 6.07) is 5.96. The van der Waals surface area contributed by atoms with Crippen LogP contribution in [-0.4, -0.2) is 20.1 Å². The average Bonchev–Trinajstić information content (AvgIpc) is 2.48. The van der Waals surface area contributed by atoms with Crippen molar-refractivity contribution in [3.63, 3.8) is 0 Å². The molecular formula is C13H10N4O6. The lowest BCUT2D eigenvalue weighted by Crippen LogP contribution is -1.93. The fourth-order valence-electron chi connectivity index (χ4n) is 1.73. The van der Waals surface area contributed by atoms with Gasteiger partial charge in [0, 0.05) is 6.07 Å². The molecule has 0 fully saturated rings. The Morgan fingerprint density at radius 1 is 0.957 bits per heavy atom. The van der Waals surface area contributed by atoms with E-state index in [9.17, 15) is 30.4 Å². The molecule has 0 aromatic heterocycles. The molecule has 10 nitrogen and oxygen atoms in total. The average molecular weight is 318 g/mol. The summed E-state index contributed by atoms with van der Waals surface area (Å²) in [6.45, 7) is 1.74. The summed E-state index contributed by atoms with van der Waals surface area (Å²) < 4.78 is 0. The van der Waals surface area contributed by atoms with Crippen LogP contribution in [0.3, 0.4) is 0 Å². The maximum absolute atomic E-state index is 10.8. The fraction of sp³-hybridized carbons (Fsp3) is 0.0769. The molecular weight excluding hydrogens is 308 g/mol. The van der Waals surface area contributed by atoms with Crippen LogP contribution < -0.4 is 0 Å². The molecule has 0 saturated carbocycles. The van der Waals surface area contributed by atoms with E-state index in [1.807, 2.05) is 0 Å². The Morgan fingerprint density at radius 2 is 1.61 bits per heavy atom. The van der Waals surface area contributed by atoms with Crippen molar-refractivity contribution < 1.29 is 20.1 Å². The van der Waals surface area contributed by atoms with Crippen molar-refractivity contribution in [3.05, 3.63) is 56.1 Å². The van der Waals surface area contributed by atoms with E-state index in [0.29, 0.717) is 6.07 Å². The predicted molar refractivity (Wildman–Crippen MR) is 78.4 cm³/mol. The van der Waals surface area contributed by atoms with Gasteiger partial charge in [-0.2, -0.15) is 0 Å². The van der Waals surface area contributed by atoms with Gasteiger partial charge in [-0.15, -0.1) is 10.2 Å². The molecule has 0 spiro atoms. The number of nitro groups is 2. The number of hydrogen-bond donors (Lipinski definition) is 2. The second-order valence-electron chi connectivity index (χ2n) is 4.54. The molecule has 2 aromatic rings. The molecule has 0 heterocycles. The minimum absolute atomic E-state index is 0.0542. The van der Waals surface area contributed by atoms with Crippen molar-refractivity contribution in [2.75, 3.05) is 0 Å². The molecule has 2 aromatic carbocycles. The maximum atomic E-state index is 10.8. The van der Waals surface area contributed by atoms with Gasteiger partial charge in [0.15, 0.2) is 0 Å². The number of phenols is 2. The summed E-state index contributed by atoms with van der Waals surface area (Å²) in [6.07, 6.45) is 0. The Kier molecular flexibility index (Phi) is 4.16. The monoisotopic (exact) mass is 318 g/mol. The number of phenolic OH excluding ortho intramolecular Hbond substituents is 2. The van der Waals surface area contributed by atoms with Crippen LogP contribution in [0.1, 0.15) is 5.56 Å². The number of hydrogen-bond acceptors (Lipinski definition) is 8. The highest BCUT2D eigenvalue weighted by Crippen LogP contribution is 2.41. The molecule has 0 bridgehead atoms. The van der Waals surface area contributed by atoms with Gasteiger partial charge < -0.3 is 10.2 Å². The zero-order chi connectivity index (χ0) is 17.1. The number of nitro benzene ring substituents is 2. The third-order valence-electron chi connectivity index (χ3n) is 2.86. The van der Waals surface area contributed by atoms with E-state index < -0.39 is 32.7 Å². The zero-order valence-electron chi connectivity index (χ0n) is 11.7. The van der Waals surface area contributed by atoms with Crippen LogP contribution in [0.2, 0.25) is 0 Å². The SMILES string of the molecule is Cc1ccc(O)c(/N=N/c2cc([N+](=O)[O-])cc([N+](=O)[O-])c2O)c1. The summed E-state index contributed by atoms with van der Waals surface area (Å²) >= 11 is 0. The molecule has 118 valence electrons. The number of benzene rings is 2. The molecule has 0 atom stereocenters. The molecule has 0 aliphatic carbocycles. The standard InChI is InChI=1S/C13H10N4O6/c1-7-2-3-12(18)9(4-7)14-15-10-5-8(16(20)21)6-11(13(10)19)17(22)23/h2-6,18-19H,1H3/b15-14+. The van der Waals surface area contributed by atoms with E-state index in [4.69, 9.17) is 0 Å². The highest BCUT2D eigenvalue weighted by atomic mass is 16.6. The third-order valence-corrected chi connectivity index (χ3v) is 2.86. The molecule has 10 heteroatoms. The van der Waals surface area contributed by atoms with Crippen molar-refractivity contribution >= 4 is 22.7 Å². The predicted octanol–water partition coefficient (Wildman–Crippen LogP) is 3.64. The molecule has 0 unspecified atom stereocenters. The minimum Gasteiger partial charge on any atom is -0.506 e. The van der Waals surface area contributed by atoms with Crippen LogP contribution in [0.25, 0.3) is 0 Å². The lowest BCUT2D eigenvalue weighted by Gasteiger charge is -2.01. The van der Waals surface area contributed by atoms with Crippen molar-refractivity contribution in [1.29, 1.82) is 0 Å². The van der Waals surface area contributed by atoms with Gasteiger partial charge in [0.25, 0.3) is 5.69 Å². The number of non-ortho nitro benzene ring substituents is 1. The Balaban J connectivity index is 2.54. The first-order valence-electron chi connectivity index (χ1n) is 6.16. The summed E-state index contributed by atoms with van der Waals surface area (Å²) in [7, 11) is 0. The van der Waals surface area contributed by atoms with Gasteiger partial charge in [-0.3, -0.25) is 20.2 Å². The first kappa shape index (κ1) is 15.8. The van der Waals surface area contributed by atoms with Gasteiger partial charge in [0.05, 0.1) is 15.9 Å². The van der Waals surface area contributed by atoms with Crippen molar-refractivity contribution in [2.45, 2.75) is 6.92 Å². The molecule has 0 amide bonds. The lowest BCUT2D eigenvalue weighted by atomic mass is 10.2. The highest BCUT2D eigenvalue weighted by molar-refractivity contribution is 5.67. The van der Waals surface area contributed by atoms with Crippen molar-refractivity contribution in [3.8, 4) is 11.5 Å². The second kappa shape index (κ2) is 6.05. The summed E-state index contributed by atoms with van der Waals surface area (Å²) in [5.41, 5.74) is -1.10. The van der Waals surface area contributed by atoms with Gasteiger partial charge in [-0.1, -0.05) is 6.07 Å². The molecule has 23 heavy (non-hydrogen) atoms.